The van der Waals surface area contributed by atoms with E-state index in [9.17, 15) is 4.79 Å². The summed E-state index contributed by atoms with van der Waals surface area (Å²) in [7, 11) is 0. The second kappa shape index (κ2) is 4.34. The fourth-order valence-corrected chi connectivity index (χ4v) is 1.88. The first kappa shape index (κ1) is 10.0. The lowest BCUT2D eigenvalue weighted by molar-refractivity contribution is -0.125. The van der Waals surface area contributed by atoms with Crippen LogP contribution in [0.25, 0.3) is 0 Å². The van der Waals surface area contributed by atoms with Gasteiger partial charge in [-0.2, -0.15) is 0 Å². The molecular weight excluding hydrogens is 190 g/mol. The van der Waals surface area contributed by atoms with E-state index in [2.05, 4.69) is 18.7 Å². The lowest BCUT2D eigenvalue weighted by Gasteiger charge is -2.26. The van der Waals surface area contributed by atoms with Gasteiger partial charge in [-0.1, -0.05) is 12.7 Å². The SMILES string of the molecule is C=CC(=O)N1CCC=C(C2=CCCO2)C1. The third-order valence-corrected chi connectivity index (χ3v) is 2.66. The van der Waals surface area contributed by atoms with E-state index in [0.29, 0.717) is 6.54 Å². The zero-order chi connectivity index (χ0) is 10.7. The summed E-state index contributed by atoms with van der Waals surface area (Å²) < 4.78 is 5.48. The normalized spacial score (nSPS) is 20.4. The van der Waals surface area contributed by atoms with Crippen molar-refractivity contribution in [3.05, 3.63) is 36.1 Å². The molecule has 2 aliphatic rings. The first-order valence-electron chi connectivity index (χ1n) is 5.25. The third-order valence-electron chi connectivity index (χ3n) is 2.66. The van der Waals surface area contributed by atoms with Crippen molar-refractivity contribution in [2.45, 2.75) is 12.8 Å². The van der Waals surface area contributed by atoms with Crippen molar-refractivity contribution >= 4 is 5.91 Å². The van der Waals surface area contributed by atoms with Crippen LogP contribution >= 0.6 is 0 Å². The van der Waals surface area contributed by atoms with Crippen molar-refractivity contribution < 1.29 is 9.53 Å². The quantitative estimate of drug-likeness (QED) is 0.641. The fraction of sp³-hybridized carbons (Fsp3) is 0.417. The van der Waals surface area contributed by atoms with Gasteiger partial charge in [0.1, 0.15) is 5.76 Å². The minimum Gasteiger partial charge on any atom is -0.493 e. The lowest BCUT2D eigenvalue weighted by Crippen LogP contribution is -2.34. The molecule has 3 nitrogen and oxygen atoms in total. The van der Waals surface area contributed by atoms with E-state index in [1.807, 2.05) is 0 Å². The third kappa shape index (κ3) is 2.12. The van der Waals surface area contributed by atoms with Gasteiger partial charge in [-0.15, -0.1) is 0 Å². The first-order chi connectivity index (χ1) is 7.31. The minimum atomic E-state index is -0.000744. The zero-order valence-electron chi connectivity index (χ0n) is 8.74. The molecule has 0 aromatic heterocycles. The molecule has 0 fully saturated rings. The number of carbonyl (C=O) groups is 1. The minimum absolute atomic E-state index is 0.000744. The van der Waals surface area contributed by atoms with E-state index in [0.717, 1.165) is 37.3 Å². The Hall–Kier alpha value is -1.51. The van der Waals surface area contributed by atoms with Gasteiger partial charge >= 0.3 is 0 Å². The van der Waals surface area contributed by atoms with Gasteiger partial charge in [0.2, 0.25) is 5.91 Å². The maximum Gasteiger partial charge on any atom is 0.246 e. The van der Waals surface area contributed by atoms with Crippen molar-refractivity contribution in [3.8, 4) is 0 Å². The van der Waals surface area contributed by atoms with E-state index in [-0.39, 0.29) is 5.91 Å². The summed E-state index contributed by atoms with van der Waals surface area (Å²) in [5, 5.41) is 0. The lowest BCUT2D eigenvalue weighted by atomic mass is 10.1. The summed E-state index contributed by atoms with van der Waals surface area (Å²) >= 11 is 0. The molecule has 0 spiro atoms. The molecule has 0 saturated heterocycles. The number of rotatable bonds is 2. The summed E-state index contributed by atoms with van der Waals surface area (Å²) in [6, 6.07) is 0. The Morgan fingerprint density at radius 2 is 2.33 bits per heavy atom. The van der Waals surface area contributed by atoms with Crippen LogP contribution in [0.4, 0.5) is 0 Å². The molecule has 0 aromatic rings. The molecular formula is C12H15NO2. The molecule has 0 unspecified atom stereocenters. The molecule has 2 heterocycles. The van der Waals surface area contributed by atoms with Crippen LogP contribution < -0.4 is 0 Å². The molecule has 80 valence electrons. The molecule has 0 radical (unpaired) electrons. The molecule has 0 atom stereocenters. The van der Waals surface area contributed by atoms with E-state index in [4.69, 9.17) is 4.74 Å². The van der Waals surface area contributed by atoms with Crippen LogP contribution in [-0.4, -0.2) is 30.5 Å². The number of hydrogen-bond donors (Lipinski definition) is 0. The number of amides is 1. The number of ether oxygens (including phenoxy) is 1. The summed E-state index contributed by atoms with van der Waals surface area (Å²) in [6.07, 6.45) is 7.49. The number of hydrogen-bond acceptors (Lipinski definition) is 2. The van der Waals surface area contributed by atoms with Crippen LogP contribution in [0.5, 0.6) is 0 Å². The smallest absolute Gasteiger partial charge is 0.246 e. The van der Waals surface area contributed by atoms with E-state index in [1.165, 1.54) is 6.08 Å². The Kier molecular flexibility index (Phi) is 2.90. The topological polar surface area (TPSA) is 29.5 Å². The molecule has 0 bridgehead atoms. The summed E-state index contributed by atoms with van der Waals surface area (Å²) in [5.41, 5.74) is 1.13. The molecule has 3 heteroatoms. The van der Waals surface area contributed by atoms with Crippen LogP contribution in [0.3, 0.4) is 0 Å². The Bertz CT molecular complexity index is 342. The maximum atomic E-state index is 11.4. The van der Waals surface area contributed by atoms with Crippen LogP contribution in [-0.2, 0) is 9.53 Å². The summed E-state index contributed by atoms with van der Waals surface area (Å²) in [6.45, 7) is 5.70. The average molecular weight is 205 g/mol. The van der Waals surface area contributed by atoms with Gasteiger partial charge in [-0.25, -0.2) is 0 Å². The standard InChI is InChI=1S/C12H15NO2/c1-2-12(14)13-7-3-5-10(9-13)11-6-4-8-15-11/h2,5-6H,1,3-4,7-9H2. The maximum absolute atomic E-state index is 11.4. The van der Waals surface area contributed by atoms with Crippen LogP contribution in [0, 0.1) is 0 Å². The molecule has 0 N–H and O–H groups in total. The van der Waals surface area contributed by atoms with E-state index >= 15 is 0 Å². The Balaban J connectivity index is 2.05. The van der Waals surface area contributed by atoms with Crippen molar-refractivity contribution in [2.75, 3.05) is 19.7 Å². The number of nitrogens with zero attached hydrogens (tertiary/aromatic N) is 1. The monoisotopic (exact) mass is 205 g/mol. The Morgan fingerprint density at radius 3 is 3.00 bits per heavy atom. The fourth-order valence-electron chi connectivity index (χ4n) is 1.88. The van der Waals surface area contributed by atoms with Crippen molar-refractivity contribution in [3.63, 3.8) is 0 Å². The highest BCUT2D eigenvalue weighted by molar-refractivity contribution is 5.87. The van der Waals surface area contributed by atoms with Crippen LogP contribution in [0.2, 0.25) is 0 Å². The number of carbonyl (C=O) groups excluding carboxylic acids is 1. The highest BCUT2D eigenvalue weighted by atomic mass is 16.5. The molecule has 2 aliphatic heterocycles. The summed E-state index contributed by atoms with van der Waals surface area (Å²) in [5.74, 6) is 0.954. The molecule has 0 aromatic carbocycles. The van der Waals surface area contributed by atoms with Crippen molar-refractivity contribution in [2.24, 2.45) is 0 Å². The predicted molar refractivity (Wildman–Crippen MR) is 58.1 cm³/mol. The zero-order valence-corrected chi connectivity index (χ0v) is 8.74. The molecule has 0 saturated carbocycles. The van der Waals surface area contributed by atoms with Crippen molar-refractivity contribution in [1.29, 1.82) is 0 Å². The van der Waals surface area contributed by atoms with Gasteiger partial charge in [-0.05, 0) is 18.6 Å². The second-order valence-corrected chi connectivity index (χ2v) is 3.69. The van der Waals surface area contributed by atoms with Gasteiger partial charge in [0.25, 0.3) is 0 Å². The largest absolute Gasteiger partial charge is 0.493 e. The van der Waals surface area contributed by atoms with Gasteiger partial charge in [0.05, 0.1) is 6.61 Å². The van der Waals surface area contributed by atoms with Gasteiger partial charge in [0.15, 0.2) is 0 Å². The van der Waals surface area contributed by atoms with Gasteiger partial charge in [-0.3, -0.25) is 4.79 Å². The molecule has 1 amide bonds. The highest BCUT2D eigenvalue weighted by Gasteiger charge is 2.20. The van der Waals surface area contributed by atoms with Gasteiger partial charge in [0, 0.05) is 25.1 Å². The van der Waals surface area contributed by atoms with E-state index in [1.54, 1.807) is 4.90 Å². The Labute approximate surface area is 89.7 Å². The second-order valence-electron chi connectivity index (χ2n) is 3.69. The predicted octanol–water partition coefficient (Wildman–Crippen LogP) is 1.64. The highest BCUT2D eigenvalue weighted by Crippen LogP contribution is 2.22. The van der Waals surface area contributed by atoms with Crippen LogP contribution in [0.15, 0.2) is 36.1 Å². The van der Waals surface area contributed by atoms with Gasteiger partial charge < -0.3 is 9.64 Å². The molecule has 2 rings (SSSR count). The summed E-state index contributed by atoms with van der Waals surface area (Å²) in [4.78, 5) is 13.2. The van der Waals surface area contributed by atoms with E-state index < -0.39 is 0 Å². The first-order valence-corrected chi connectivity index (χ1v) is 5.25. The van der Waals surface area contributed by atoms with Crippen molar-refractivity contribution in [1.82, 2.24) is 4.90 Å². The van der Waals surface area contributed by atoms with Crippen LogP contribution in [0.1, 0.15) is 12.8 Å². The molecule has 0 aliphatic carbocycles. The average Bonchev–Trinajstić information content (AvgIpc) is 2.82. The molecule has 15 heavy (non-hydrogen) atoms. The Morgan fingerprint density at radius 1 is 1.47 bits per heavy atom.